The average Bonchev–Trinajstić information content (AvgIpc) is 3.56. The third-order valence-corrected chi connectivity index (χ3v) is 9.15. The summed E-state index contributed by atoms with van der Waals surface area (Å²) in [5.74, 6) is -1.09. The number of imide groups is 1. The maximum absolute atomic E-state index is 12.2. The second-order valence-electron chi connectivity index (χ2n) is 10.3. The zero-order valence-electron chi connectivity index (χ0n) is 20.4. The molecule has 6 rings (SSSR count). The SMILES string of the molecule is C[C@]1(C(=O)O)C[C@@H](N2CCCc3cc(Cl)cc(-c4ccnc5cc(CN6C(=O)CCC6=O)sc45)c32)CN1. The lowest BCUT2D eigenvalue weighted by Crippen LogP contribution is -2.44. The number of hydrogen-bond acceptors (Lipinski definition) is 7. The van der Waals surface area contributed by atoms with Crippen LogP contribution in [0.25, 0.3) is 21.3 Å². The van der Waals surface area contributed by atoms with Gasteiger partial charge in [-0.05, 0) is 56.0 Å². The standard InChI is InChI=1S/C27H27ClN4O4S/c1-27(26(35)36)12-17(13-30-27)31-8-2-3-15-9-16(28)10-20(24(15)31)19-6-7-29-21-11-18(37-25(19)21)14-32-22(33)4-5-23(32)34/h6-7,9-11,17,30H,2-5,8,12-14H2,1H3,(H,35,36)/t17-,27-/m1/s1. The Hall–Kier alpha value is -3.01. The van der Waals surface area contributed by atoms with E-state index >= 15 is 0 Å². The maximum Gasteiger partial charge on any atom is 0.323 e. The van der Waals surface area contributed by atoms with E-state index in [4.69, 9.17) is 11.6 Å². The Bertz CT molecular complexity index is 1440. The number of nitrogens with zero attached hydrogens (tertiary/aromatic N) is 3. The molecule has 2 fully saturated rings. The number of halogens is 1. The number of pyridine rings is 1. The van der Waals surface area contributed by atoms with Gasteiger partial charge in [-0.3, -0.25) is 29.6 Å². The number of amides is 2. The van der Waals surface area contributed by atoms with Gasteiger partial charge in [0.1, 0.15) is 5.54 Å². The van der Waals surface area contributed by atoms with E-state index in [1.165, 1.54) is 4.90 Å². The maximum atomic E-state index is 12.2. The second-order valence-corrected chi connectivity index (χ2v) is 11.9. The van der Waals surface area contributed by atoms with E-state index in [0.29, 0.717) is 18.0 Å². The van der Waals surface area contributed by atoms with Gasteiger partial charge in [-0.1, -0.05) is 11.6 Å². The fourth-order valence-electron chi connectivity index (χ4n) is 5.88. The summed E-state index contributed by atoms with van der Waals surface area (Å²) in [6.07, 6.45) is 4.71. The van der Waals surface area contributed by atoms with Crippen molar-refractivity contribution in [3.05, 3.63) is 45.9 Å². The van der Waals surface area contributed by atoms with Gasteiger partial charge in [0.05, 0.1) is 16.8 Å². The number of nitrogens with one attached hydrogen (secondary N) is 1. The van der Waals surface area contributed by atoms with E-state index < -0.39 is 11.5 Å². The van der Waals surface area contributed by atoms with E-state index in [1.54, 1.807) is 24.5 Å². The molecule has 8 nitrogen and oxygen atoms in total. The van der Waals surface area contributed by atoms with Crippen molar-refractivity contribution in [2.24, 2.45) is 0 Å². The Morgan fingerprint density at radius 2 is 2.00 bits per heavy atom. The third kappa shape index (κ3) is 4.19. The number of carboxylic acid groups (broad SMARTS) is 1. The first-order valence-corrected chi connectivity index (χ1v) is 13.7. The van der Waals surface area contributed by atoms with Crippen LogP contribution in [0, 0.1) is 0 Å². The number of anilines is 1. The Balaban J connectivity index is 1.43. The van der Waals surface area contributed by atoms with Gasteiger partial charge in [0.15, 0.2) is 0 Å². The summed E-state index contributed by atoms with van der Waals surface area (Å²) in [5.41, 5.74) is 4.12. The molecule has 5 heterocycles. The summed E-state index contributed by atoms with van der Waals surface area (Å²) in [7, 11) is 0. The summed E-state index contributed by atoms with van der Waals surface area (Å²) in [4.78, 5) is 45.4. The Morgan fingerprint density at radius 3 is 2.73 bits per heavy atom. The zero-order chi connectivity index (χ0) is 25.9. The molecular formula is C27H27ClN4O4S. The van der Waals surface area contributed by atoms with Gasteiger partial charge in [-0.15, -0.1) is 11.3 Å². The number of likely N-dealkylation sites (tertiary alicyclic amines) is 1. The molecule has 192 valence electrons. The van der Waals surface area contributed by atoms with Gasteiger partial charge >= 0.3 is 5.97 Å². The summed E-state index contributed by atoms with van der Waals surface area (Å²) < 4.78 is 0.978. The molecule has 37 heavy (non-hydrogen) atoms. The lowest BCUT2D eigenvalue weighted by molar-refractivity contribution is -0.143. The first-order valence-electron chi connectivity index (χ1n) is 12.5. The highest BCUT2D eigenvalue weighted by Gasteiger charge is 2.44. The molecule has 10 heteroatoms. The molecule has 0 spiro atoms. The number of carboxylic acids is 1. The Labute approximate surface area is 223 Å². The highest BCUT2D eigenvalue weighted by atomic mass is 35.5. The van der Waals surface area contributed by atoms with Crippen molar-refractivity contribution < 1.29 is 19.5 Å². The first-order chi connectivity index (χ1) is 17.7. The molecule has 2 amide bonds. The van der Waals surface area contributed by atoms with Gasteiger partial charge in [0, 0.05) is 64.9 Å². The molecule has 2 aromatic heterocycles. The van der Waals surface area contributed by atoms with Crippen LogP contribution in [0.4, 0.5) is 5.69 Å². The smallest absolute Gasteiger partial charge is 0.323 e. The van der Waals surface area contributed by atoms with Crippen molar-refractivity contribution in [3.63, 3.8) is 0 Å². The van der Waals surface area contributed by atoms with Crippen LogP contribution < -0.4 is 10.2 Å². The van der Waals surface area contributed by atoms with Gasteiger partial charge in [-0.2, -0.15) is 0 Å². The van der Waals surface area contributed by atoms with Gasteiger partial charge in [0.25, 0.3) is 0 Å². The molecule has 0 bridgehead atoms. The van der Waals surface area contributed by atoms with Gasteiger partial charge in [0.2, 0.25) is 11.8 Å². The van der Waals surface area contributed by atoms with Crippen LogP contribution in [0.1, 0.15) is 43.0 Å². The number of carbonyl (C=O) groups excluding carboxylic acids is 2. The van der Waals surface area contributed by atoms with Crippen LogP contribution >= 0.6 is 22.9 Å². The van der Waals surface area contributed by atoms with Crippen LogP contribution in [0.3, 0.4) is 0 Å². The van der Waals surface area contributed by atoms with Crippen molar-refractivity contribution in [1.29, 1.82) is 0 Å². The molecule has 0 unspecified atom stereocenters. The highest BCUT2D eigenvalue weighted by Crippen LogP contribution is 2.45. The van der Waals surface area contributed by atoms with Crippen LogP contribution in [-0.4, -0.2) is 57.4 Å². The molecule has 3 aliphatic rings. The fourth-order valence-corrected chi connectivity index (χ4v) is 7.25. The molecule has 0 aliphatic carbocycles. The van der Waals surface area contributed by atoms with E-state index in [9.17, 15) is 19.5 Å². The minimum Gasteiger partial charge on any atom is -0.480 e. The summed E-state index contributed by atoms with van der Waals surface area (Å²) in [6.45, 7) is 3.45. The summed E-state index contributed by atoms with van der Waals surface area (Å²) in [5, 5.41) is 13.6. The monoisotopic (exact) mass is 538 g/mol. The average molecular weight is 539 g/mol. The van der Waals surface area contributed by atoms with Crippen molar-refractivity contribution in [1.82, 2.24) is 15.2 Å². The summed E-state index contributed by atoms with van der Waals surface area (Å²) in [6, 6.07) is 7.99. The minimum absolute atomic E-state index is 0.0449. The summed E-state index contributed by atoms with van der Waals surface area (Å²) >= 11 is 8.17. The number of carbonyl (C=O) groups is 3. The molecular weight excluding hydrogens is 512 g/mol. The van der Waals surface area contributed by atoms with E-state index in [0.717, 1.165) is 56.9 Å². The van der Waals surface area contributed by atoms with Crippen LogP contribution in [0.2, 0.25) is 5.02 Å². The number of benzene rings is 1. The number of rotatable bonds is 5. The van der Waals surface area contributed by atoms with Crippen molar-refractivity contribution in [2.45, 2.75) is 57.2 Å². The molecule has 2 N–H and O–H groups in total. The predicted molar refractivity (Wildman–Crippen MR) is 143 cm³/mol. The molecule has 2 saturated heterocycles. The topological polar surface area (TPSA) is 103 Å². The molecule has 0 saturated carbocycles. The lowest BCUT2D eigenvalue weighted by Gasteiger charge is -2.38. The largest absolute Gasteiger partial charge is 0.480 e. The van der Waals surface area contributed by atoms with Crippen molar-refractivity contribution in [3.8, 4) is 11.1 Å². The quantitative estimate of drug-likeness (QED) is 0.469. The number of aromatic nitrogens is 1. The molecule has 3 aromatic rings. The molecule has 1 aromatic carbocycles. The van der Waals surface area contributed by atoms with Crippen LogP contribution in [0.15, 0.2) is 30.5 Å². The molecule has 3 aliphatic heterocycles. The Morgan fingerprint density at radius 1 is 1.22 bits per heavy atom. The van der Waals surface area contributed by atoms with Crippen LogP contribution in [-0.2, 0) is 27.3 Å². The van der Waals surface area contributed by atoms with E-state index in [1.807, 2.05) is 24.3 Å². The Kier molecular flexibility index (Phi) is 5.97. The van der Waals surface area contributed by atoms with Crippen LogP contribution in [0.5, 0.6) is 0 Å². The normalized spacial score (nSPS) is 23.8. The second kappa shape index (κ2) is 9.08. The predicted octanol–water partition coefficient (Wildman–Crippen LogP) is 4.22. The number of hydrogen-bond donors (Lipinski definition) is 2. The van der Waals surface area contributed by atoms with Gasteiger partial charge in [-0.25, -0.2) is 0 Å². The molecule has 2 atom stereocenters. The minimum atomic E-state index is -0.952. The lowest BCUT2D eigenvalue weighted by atomic mass is 9.91. The van der Waals surface area contributed by atoms with Crippen molar-refractivity contribution >= 4 is 56.6 Å². The van der Waals surface area contributed by atoms with E-state index in [2.05, 4.69) is 15.2 Å². The van der Waals surface area contributed by atoms with E-state index in [-0.39, 0.29) is 37.2 Å². The number of fused-ring (bicyclic) bond motifs is 2. The van der Waals surface area contributed by atoms with Crippen molar-refractivity contribution in [2.75, 3.05) is 18.0 Å². The number of thiophene rings is 1. The molecule has 0 radical (unpaired) electrons. The first kappa shape index (κ1) is 24.3. The zero-order valence-corrected chi connectivity index (χ0v) is 22.0. The fraction of sp³-hybridized carbons (Fsp3) is 0.407. The van der Waals surface area contributed by atoms with Gasteiger partial charge < -0.3 is 10.0 Å². The third-order valence-electron chi connectivity index (χ3n) is 7.79. The number of aryl methyl sites for hydroxylation is 1. The number of aliphatic carboxylic acids is 1. The highest BCUT2D eigenvalue weighted by molar-refractivity contribution is 7.19.